The summed E-state index contributed by atoms with van der Waals surface area (Å²) in [5.74, 6) is -0.279. The van der Waals surface area contributed by atoms with Crippen molar-refractivity contribution in [1.82, 2.24) is 25.7 Å². The van der Waals surface area contributed by atoms with Crippen LogP contribution in [0.5, 0.6) is 0 Å². The number of amides is 1. The maximum absolute atomic E-state index is 12.6. The lowest BCUT2D eigenvalue weighted by atomic mass is 10.2. The van der Waals surface area contributed by atoms with Gasteiger partial charge in [0, 0.05) is 31.9 Å². The standard InChI is InChI=1S/C18H17F3N6O2/c1-10(28)16-13(9-24-27(16)2)25-17(29)11-5-6-22-15(7-11)26-14-4-3-12(8-23-14)18(19,20)21/h3-8,24H,9H2,1-2H3,(H,25,29)(H,22,23,26). The van der Waals surface area contributed by atoms with Crippen molar-refractivity contribution in [3.8, 4) is 0 Å². The van der Waals surface area contributed by atoms with E-state index in [9.17, 15) is 22.8 Å². The normalized spacial score (nSPS) is 14.2. The number of ketones is 1. The number of anilines is 2. The number of halogens is 3. The van der Waals surface area contributed by atoms with Gasteiger partial charge in [-0.2, -0.15) is 13.2 Å². The third-order valence-corrected chi connectivity index (χ3v) is 4.08. The van der Waals surface area contributed by atoms with Crippen LogP contribution < -0.4 is 16.1 Å². The first-order valence-corrected chi connectivity index (χ1v) is 8.44. The monoisotopic (exact) mass is 406 g/mol. The highest BCUT2D eigenvalue weighted by Gasteiger charge is 2.30. The van der Waals surface area contributed by atoms with Crippen molar-refractivity contribution in [2.24, 2.45) is 0 Å². The lowest BCUT2D eigenvalue weighted by molar-refractivity contribution is -0.137. The van der Waals surface area contributed by atoms with Crippen molar-refractivity contribution in [3.05, 3.63) is 59.2 Å². The molecule has 1 amide bonds. The van der Waals surface area contributed by atoms with E-state index in [-0.39, 0.29) is 23.0 Å². The minimum atomic E-state index is -4.47. The van der Waals surface area contributed by atoms with E-state index in [0.717, 1.165) is 6.07 Å². The van der Waals surface area contributed by atoms with Crippen molar-refractivity contribution < 1.29 is 22.8 Å². The van der Waals surface area contributed by atoms with Crippen molar-refractivity contribution in [1.29, 1.82) is 0 Å². The van der Waals surface area contributed by atoms with Gasteiger partial charge in [0.05, 0.1) is 17.8 Å². The van der Waals surface area contributed by atoms with Crippen molar-refractivity contribution in [2.75, 3.05) is 18.9 Å². The molecule has 1 aliphatic heterocycles. The Morgan fingerprint density at radius 1 is 1.17 bits per heavy atom. The van der Waals surface area contributed by atoms with E-state index in [2.05, 4.69) is 26.0 Å². The quantitative estimate of drug-likeness (QED) is 0.700. The number of hydrogen-bond donors (Lipinski definition) is 3. The highest BCUT2D eigenvalue weighted by atomic mass is 19.4. The third kappa shape index (κ3) is 4.69. The summed E-state index contributed by atoms with van der Waals surface area (Å²) < 4.78 is 37.8. The molecule has 0 radical (unpaired) electrons. The van der Waals surface area contributed by atoms with Crippen molar-refractivity contribution >= 4 is 23.3 Å². The van der Waals surface area contributed by atoms with E-state index < -0.39 is 17.6 Å². The van der Waals surface area contributed by atoms with Crippen LogP contribution in [0, 0.1) is 0 Å². The van der Waals surface area contributed by atoms with Gasteiger partial charge in [-0.25, -0.2) is 15.4 Å². The maximum atomic E-state index is 12.6. The number of hydrogen-bond acceptors (Lipinski definition) is 7. The number of Topliss-reactive ketones (excluding diaryl/α,β-unsaturated/α-hetero) is 1. The summed E-state index contributed by atoms with van der Waals surface area (Å²) in [6.45, 7) is 1.69. The molecule has 0 saturated heterocycles. The first kappa shape index (κ1) is 20.3. The number of pyridine rings is 2. The zero-order chi connectivity index (χ0) is 21.2. The van der Waals surface area contributed by atoms with Gasteiger partial charge in [-0.05, 0) is 24.3 Å². The van der Waals surface area contributed by atoms with E-state index in [1.54, 1.807) is 7.05 Å². The molecule has 3 rings (SSSR count). The van der Waals surface area contributed by atoms with Gasteiger partial charge >= 0.3 is 6.18 Å². The second-order valence-corrected chi connectivity index (χ2v) is 6.22. The molecular weight excluding hydrogens is 389 g/mol. The number of aromatic nitrogens is 2. The van der Waals surface area contributed by atoms with Crippen LogP contribution in [0.3, 0.4) is 0 Å². The Morgan fingerprint density at radius 2 is 1.93 bits per heavy atom. The number of carbonyl (C=O) groups is 2. The molecule has 152 valence electrons. The molecule has 2 aromatic heterocycles. The number of alkyl halides is 3. The molecule has 0 unspecified atom stereocenters. The summed E-state index contributed by atoms with van der Waals surface area (Å²) in [6, 6.07) is 4.96. The van der Waals surface area contributed by atoms with Crippen molar-refractivity contribution in [2.45, 2.75) is 13.1 Å². The predicted molar refractivity (Wildman–Crippen MR) is 97.7 cm³/mol. The summed E-state index contributed by atoms with van der Waals surface area (Å²) in [6.07, 6.45) is -2.39. The smallest absolute Gasteiger partial charge is 0.325 e. The molecule has 8 nitrogen and oxygen atoms in total. The summed E-state index contributed by atoms with van der Waals surface area (Å²) in [4.78, 5) is 32.0. The minimum absolute atomic E-state index is 0.145. The van der Waals surface area contributed by atoms with Gasteiger partial charge < -0.3 is 15.6 Å². The molecule has 1 aliphatic rings. The molecule has 0 bridgehead atoms. The van der Waals surface area contributed by atoms with Crippen LogP contribution in [-0.2, 0) is 11.0 Å². The lowest BCUT2D eigenvalue weighted by Crippen LogP contribution is -2.29. The van der Waals surface area contributed by atoms with Crippen LogP contribution in [0.2, 0.25) is 0 Å². The molecule has 0 aromatic carbocycles. The Kier molecular flexibility index (Phi) is 5.50. The van der Waals surface area contributed by atoms with Gasteiger partial charge in [0.25, 0.3) is 5.91 Å². The van der Waals surface area contributed by atoms with Crippen LogP contribution in [-0.4, -0.2) is 40.3 Å². The molecule has 0 spiro atoms. The fourth-order valence-corrected chi connectivity index (χ4v) is 2.73. The predicted octanol–water partition coefficient (Wildman–Crippen LogP) is 2.22. The van der Waals surface area contributed by atoms with E-state index in [1.165, 1.54) is 36.3 Å². The first-order valence-electron chi connectivity index (χ1n) is 8.44. The molecule has 11 heteroatoms. The second kappa shape index (κ2) is 7.87. The molecule has 0 fully saturated rings. The molecule has 2 aromatic rings. The molecule has 0 atom stereocenters. The lowest BCUT2D eigenvalue weighted by Gasteiger charge is -2.13. The average Bonchev–Trinajstić information content (AvgIpc) is 3.02. The van der Waals surface area contributed by atoms with E-state index in [4.69, 9.17) is 0 Å². The third-order valence-electron chi connectivity index (χ3n) is 4.08. The Hall–Kier alpha value is -3.47. The Labute approximate surface area is 163 Å². The Morgan fingerprint density at radius 3 is 2.55 bits per heavy atom. The summed E-state index contributed by atoms with van der Waals surface area (Å²) in [5, 5.41) is 6.98. The van der Waals surface area contributed by atoms with Gasteiger partial charge in [-0.15, -0.1) is 0 Å². The minimum Gasteiger partial charge on any atom is -0.325 e. The van der Waals surface area contributed by atoms with Crippen LogP contribution in [0.4, 0.5) is 24.8 Å². The average molecular weight is 406 g/mol. The Bertz CT molecular complexity index is 972. The number of hydrazine groups is 1. The number of carbonyl (C=O) groups excluding carboxylic acids is 2. The number of likely N-dealkylation sites (N-methyl/N-ethyl adjacent to an activating group) is 1. The molecule has 3 heterocycles. The van der Waals surface area contributed by atoms with Crippen LogP contribution in [0.25, 0.3) is 0 Å². The highest BCUT2D eigenvalue weighted by Crippen LogP contribution is 2.29. The zero-order valence-electron chi connectivity index (χ0n) is 15.5. The maximum Gasteiger partial charge on any atom is 0.417 e. The Balaban J connectivity index is 1.74. The molecule has 3 N–H and O–H groups in total. The first-order chi connectivity index (χ1) is 13.6. The summed E-state index contributed by atoms with van der Waals surface area (Å²) in [7, 11) is 1.67. The van der Waals surface area contributed by atoms with Crippen molar-refractivity contribution in [3.63, 3.8) is 0 Å². The zero-order valence-corrected chi connectivity index (χ0v) is 15.5. The van der Waals surface area contributed by atoms with Gasteiger partial charge in [-0.1, -0.05) is 0 Å². The molecular formula is C18H17F3N6O2. The number of nitrogens with zero attached hydrogens (tertiary/aromatic N) is 3. The molecule has 0 aliphatic carbocycles. The topological polar surface area (TPSA) is 99.2 Å². The van der Waals surface area contributed by atoms with Gasteiger partial charge in [0.15, 0.2) is 5.78 Å². The number of allylic oxidation sites excluding steroid dienone is 1. The number of nitrogens with one attached hydrogen (secondary N) is 3. The SMILES string of the molecule is CC(=O)C1=C(NC(=O)c2ccnc(Nc3ccc(C(F)(F)F)cn3)c2)CNN1C. The van der Waals surface area contributed by atoms with Crippen LogP contribution >= 0.6 is 0 Å². The largest absolute Gasteiger partial charge is 0.417 e. The van der Waals surface area contributed by atoms with Gasteiger partial charge in [-0.3, -0.25) is 9.59 Å². The summed E-state index contributed by atoms with van der Waals surface area (Å²) >= 11 is 0. The van der Waals surface area contributed by atoms with E-state index >= 15 is 0 Å². The van der Waals surface area contributed by atoms with E-state index in [1.807, 2.05) is 0 Å². The highest BCUT2D eigenvalue weighted by molar-refractivity contribution is 5.99. The second-order valence-electron chi connectivity index (χ2n) is 6.22. The summed E-state index contributed by atoms with van der Waals surface area (Å²) in [5.41, 5.74) is 3.12. The van der Waals surface area contributed by atoms with Gasteiger partial charge in [0.2, 0.25) is 0 Å². The fraction of sp³-hybridized carbons (Fsp3) is 0.222. The molecule has 29 heavy (non-hydrogen) atoms. The van der Waals surface area contributed by atoms with E-state index in [0.29, 0.717) is 24.1 Å². The number of rotatable bonds is 5. The fourth-order valence-electron chi connectivity index (χ4n) is 2.73. The molecule has 0 saturated carbocycles. The van der Waals surface area contributed by atoms with Crippen LogP contribution in [0.15, 0.2) is 48.1 Å². The van der Waals surface area contributed by atoms with Gasteiger partial charge in [0.1, 0.15) is 17.3 Å². The van der Waals surface area contributed by atoms with Crippen LogP contribution in [0.1, 0.15) is 22.8 Å².